The molecule has 1 aliphatic carbocycles. The number of anilines is 1. The van der Waals surface area contributed by atoms with Gasteiger partial charge in [-0.05, 0) is 49.9 Å². The number of amides is 2. The Morgan fingerprint density at radius 2 is 1.90 bits per heavy atom. The highest BCUT2D eigenvalue weighted by atomic mass is 16.5. The van der Waals surface area contributed by atoms with E-state index in [0.29, 0.717) is 12.2 Å². The number of aromatic nitrogens is 2. The van der Waals surface area contributed by atoms with Gasteiger partial charge in [0.1, 0.15) is 5.75 Å². The van der Waals surface area contributed by atoms with Gasteiger partial charge < -0.3 is 34.9 Å². The van der Waals surface area contributed by atoms with Crippen molar-refractivity contribution >= 4 is 17.7 Å². The minimum atomic E-state index is -0.438. The number of benzene rings is 2. The zero-order chi connectivity index (χ0) is 29.5. The Balaban J connectivity index is 1.39. The molecular formula is C32H42N6O4. The number of methoxy groups -OCH3 is 2. The molecule has 3 N–H and O–H groups in total. The van der Waals surface area contributed by atoms with Crippen LogP contribution in [0.15, 0.2) is 54.9 Å². The predicted octanol–water partition coefficient (Wildman–Crippen LogP) is 4.62. The van der Waals surface area contributed by atoms with Crippen molar-refractivity contribution in [3.05, 3.63) is 66.1 Å². The van der Waals surface area contributed by atoms with Crippen LogP contribution in [0.4, 0.5) is 10.5 Å². The molecule has 0 bridgehead atoms. The van der Waals surface area contributed by atoms with Crippen LogP contribution in [-0.2, 0) is 4.74 Å². The van der Waals surface area contributed by atoms with Crippen molar-refractivity contribution in [2.45, 2.75) is 57.2 Å². The first-order valence-corrected chi connectivity index (χ1v) is 14.9. The average Bonchev–Trinajstić information content (AvgIpc) is 3.47. The van der Waals surface area contributed by atoms with Crippen molar-refractivity contribution in [3.63, 3.8) is 0 Å². The van der Waals surface area contributed by atoms with Gasteiger partial charge in [-0.3, -0.25) is 4.79 Å². The van der Waals surface area contributed by atoms with Crippen LogP contribution in [0.25, 0.3) is 11.3 Å². The normalized spacial score (nSPS) is 20.5. The molecule has 42 heavy (non-hydrogen) atoms. The van der Waals surface area contributed by atoms with Crippen molar-refractivity contribution in [3.8, 4) is 17.0 Å². The summed E-state index contributed by atoms with van der Waals surface area (Å²) in [5, 5.41) is 10.0. The quantitative estimate of drug-likeness (QED) is 0.342. The summed E-state index contributed by atoms with van der Waals surface area (Å²) in [4.78, 5) is 33.1. The first-order valence-electron chi connectivity index (χ1n) is 14.9. The Hall–Kier alpha value is -4.05. The largest absolute Gasteiger partial charge is 0.497 e. The molecule has 1 saturated heterocycles. The molecule has 2 aliphatic rings. The van der Waals surface area contributed by atoms with Gasteiger partial charge in [0.2, 0.25) is 0 Å². The van der Waals surface area contributed by atoms with Gasteiger partial charge in [-0.1, -0.05) is 43.2 Å². The smallest absolute Gasteiger partial charge is 0.407 e. The predicted molar refractivity (Wildman–Crippen MR) is 163 cm³/mol. The van der Waals surface area contributed by atoms with Crippen LogP contribution in [0.5, 0.6) is 5.75 Å². The van der Waals surface area contributed by atoms with E-state index in [-0.39, 0.29) is 24.0 Å². The van der Waals surface area contributed by atoms with Crippen LogP contribution < -0.4 is 20.7 Å². The number of piperazine rings is 1. The van der Waals surface area contributed by atoms with E-state index in [2.05, 4.69) is 27.4 Å². The number of hydrogen-bond acceptors (Lipinski definition) is 7. The van der Waals surface area contributed by atoms with Crippen LogP contribution in [0.1, 0.15) is 54.2 Å². The van der Waals surface area contributed by atoms with Crippen LogP contribution in [0.2, 0.25) is 0 Å². The summed E-state index contributed by atoms with van der Waals surface area (Å²) in [5.41, 5.74) is 4.36. The maximum atomic E-state index is 14.3. The van der Waals surface area contributed by atoms with E-state index in [1.54, 1.807) is 13.4 Å². The second-order valence-electron chi connectivity index (χ2n) is 11.1. The zero-order valence-corrected chi connectivity index (χ0v) is 24.8. The summed E-state index contributed by atoms with van der Waals surface area (Å²) in [6.07, 6.45) is 5.93. The monoisotopic (exact) mass is 574 g/mol. The summed E-state index contributed by atoms with van der Waals surface area (Å²) in [5.74, 6) is 0.772. The fraction of sp³-hybridized carbons (Fsp3) is 0.469. The molecule has 2 aromatic carbocycles. The second kappa shape index (κ2) is 13.7. The zero-order valence-electron chi connectivity index (χ0n) is 24.8. The van der Waals surface area contributed by atoms with E-state index < -0.39 is 6.09 Å². The molecule has 3 aromatic rings. The lowest BCUT2D eigenvalue weighted by Crippen LogP contribution is -2.54. The lowest BCUT2D eigenvalue weighted by atomic mass is 9.89. The summed E-state index contributed by atoms with van der Waals surface area (Å²) in [6.45, 7) is 4.86. The van der Waals surface area contributed by atoms with E-state index in [0.717, 1.165) is 80.0 Å². The van der Waals surface area contributed by atoms with Gasteiger partial charge in [0.05, 0.1) is 38.3 Å². The van der Waals surface area contributed by atoms with Gasteiger partial charge in [0.15, 0.2) is 5.69 Å². The third-order valence-corrected chi connectivity index (χ3v) is 8.46. The molecule has 2 amide bonds. The number of carbonyl (C=O) groups excluding carboxylic acids is 2. The number of hydrogen-bond donors (Lipinski definition) is 3. The number of imidazole rings is 1. The standard InChI is InChI=1S/C32H42N6O4/c1-22-19-25(41-2)13-14-26(22)34-16-15-24-20-33-17-18-37(24)31(39)29-30(23-9-5-4-6-10-23)38(21-35-29)28-12-8-7-11-27(28)36-32(40)42-3/h4-6,9-10,13-14,19,21,24,27-28,33-34H,7-8,11-12,15-18,20H2,1-3H3,(H,36,40)/t24-,27+,28+/m1/s1. The third kappa shape index (κ3) is 6.54. The maximum Gasteiger partial charge on any atom is 0.407 e. The number of ether oxygens (including phenoxy) is 2. The topological polar surface area (TPSA) is 110 Å². The fourth-order valence-electron chi connectivity index (χ4n) is 6.23. The van der Waals surface area contributed by atoms with E-state index >= 15 is 0 Å². The van der Waals surface area contributed by atoms with Crippen molar-refractivity contribution in [2.75, 3.05) is 45.7 Å². The van der Waals surface area contributed by atoms with Crippen LogP contribution in [0.3, 0.4) is 0 Å². The molecule has 10 heteroatoms. The Morgan fingerprint density at radius 3 is 2.67 bits per heavy atom. The molecular weight excluding hydrogens is 532 g/mol. The summed E-state index contributed by atoms with van der Waals surface area (Å²) < 4.78 is 12.3. The number of rotatable bonds is 9. The molecule has 3 atom stereocenters. The van der Waals surface area contributed by atoms with Crippen LogP contribution in [0, 0.1) is 6.92 Å². The Kier molecular flexibility index (Phi) is 9.63. The third-order valence-electron chi connectivity index (χ3n) is 8.46. The van der Waals surface area contributed by atoms with Crippen molar-refractivity contribution in [1.29, 1.82) is 0 Å². The highest BCUT2D eigenvalue weighted by molar-refractivity contribution is 5.98. The fourth-order valence-corrected chi connectivity index (χ4v) is 6.23. The van der Waals surface area contributed by atoms with E-state index in [9.17, 15) is 9.59 Å². The van der Waals surface area contributed by atoms with Crippen LogP contribution >= 0.6 is 0 Å². The minimum Gasteiger partial charge on any atom is -0.497 e. The molecule has 5 rings (SSSR count). The van der Waals surface area contributed by atoms with E-state index in [1.807, 2.05) is 53.4 Å². The molecule has 0 spiro atoms. The number of nitrogens with zero attached hydrogens (tertiary/aromatic N) is 3. The Labute approximate surface area is 247 Å². The molecule has 0 unspecified atom stereocenters. The van der Waals surface area contributed by atoms with Gasteiger partial charge in [0, 0.05) is 43.5 Å². The first kappa shape index (κ1) is 29.4. The van der Waals surface area contributed by atoms with Gasteiger partial charge in [-0.25, -0.2) is 9.78 Å². The summed E-state index contributed by atoms with van der Waals surface area (Å²) in [7, 11) is 3.05. The van der Waals surface area contributed by atoms with Crippen molar-refractivity contribution < 1.29 is 19.1 Å². The van der Waals surface area contributed by atoms with Gasteiger partial charge >= 0.3 is 6.09 Å². The van der Waals surface area contributed by atoms with Crippen molar-refractivity contribution in [1.82, 2.24) is 25.1 Å². The van der Waals surface area contributed by atoms with E-state index in [1.165, 1.54) is 7.11 Å². The molecule has 2 heterocycles. The minimum absolute atomic E-state index is 0.0227. The SMILES string of the molecule is COC(=O)N[C@H]1CCCC[C@@H]1n1cnc(C(=O)N2CCNC[C@H]2CCNc2ccc(OC)cc2C)c1-c1ccccc1. The maximum absolute atomic E-state index is 14.3. The molecule has 2 fully saturated rings. The van der Waals surface area contributed by atoms with Crippen molar-refractivity contribution in [2.24, 2.45) is 0 Å². The Bertz CT molecular complexity index is 1360. The molecule has 1 saturated carbocycles. The van der Waals surface area contributed by atoms with Gasteiger partial charge in [0.25, 0.3) is 5.91 Å². The lowest BCUT2D eigenvalue weighted by molar-refractivity contribution is 0.0624. The van der Waals surface area contributed by atoms with Gasteiger partial charge in [-0.15, -0.1) is 0 Å². The average molecular weight is 575 g/mol. The number of nitrogens with one attached hydrogen (secondary N) is 3. The highest BCUT2D eigenvalue weighted by Crippen LogP contribution is 2.35. The van der Waals surface area contributed by atoms with E-state index in [4.69, 9.17) is 14.5 Å². The Morgan fingerprint density at radius 1 is 1.10 bits per heavy atom. The number of aryl methyl sites for hydroxylation is 1. The molecule has 1 aliphatic heterocycles. The second-order valence-corrected chi connectivity index (χ2v) is 11.1. The molecule has 10 nitrogen and oxygen atoms in total. The van der Waals surface area contributed by atoms with Gasteiger partial charge in [-0.2, -0.15) is 0 Å². The molecule has 224 valence electrons. The summed E-state index contributed by atoms with van der Waals surface area (Å²) in [6, 6.07) is 15.8. The number of alkyl carbamates (subject to hydrolysis) is 1. The lowest BCUT2D eigenvalue weighted by Gasteiger charge is -2.36. The molecule has 0 radical (unpaired) electrons. The molecule has 1 aromatic heterocycles. The summed E-state index contributed by atoms with van der Waals surface area (Å²) >= 11 is 0. The first-order chi connectivity index (χ1) is 20.5. The number of carbonyl (C=O) groups is 2. The highest BCUT2D eigenvalue weighted by Gasteiger charge is 2.35. The van der Waals surface area contributed by atoms with Crippen LogP contribution in [-0.4, -0.2) is 78.9 Å².